The van der Waals surface area contributed by atoms with Crippen molar-refractivity contribution in [2.24, 2.45) is 5.41 Å². The van der Waals surface area contributed by atoms with Crippen LogP contribution in [0.3, 0.4) is 0 Å². The van der Waals surface area contributed by atoms with Crippen molar-refractivity contribution < 1.29 is 4.79 Å². The number of thiazole rings is 2. The first-order valence-corrected chi connectivity index (χ1v) is 12.1. The van der Waals surface area contributed by atoms with Gasteiger partial charge in [-0.2, -0.15) is 0 Å². The molecule has 0 aromatic carbocycles. The van der Waals surface area contributed by atoms with E-state index in [0.29, 0.717) is 19.8 Å². The number of thiophene rings is 1. The summed E-state index contributed by atoms with van der Waals surface area (Å²) in [6, 6.07) is 5.41. The Morgan fingerprint density at radius 1 is 1.19 bits per heavy atom. The number of ketones is 1. The Morgan fingerprint density at radius 2 is 1.97 bits per heavy atom. The van der Waals surface area contributed by atoms with E-state index in [0.717, 1.165) is 9.75 Å². The average Bonchev–Trinajstić information content (AvgIpc) is 3.38. The van der Waals surface area contributed by atoms with Crippen molar-refractivity contribution in [1.82, 2.24) is 14.0 Å². The maximum atomic E-state index is 13.2. The molecule has 31 heavy (non-hydrogen) atoms. The summed E-state index contributed by atoms with van der Waals surface area (Å²) in [5.74, 6) is -0.0669. The van der Waals surface area contributed by atoms with Crippen LogP contribution in [-0.4, -0.2) is 19.7 Å². The molecule has 0 saturated heterocycles. The van der Waals surface area contributed by atoms with Crippen LogP contribution in [0.15, 0.2) is 39.4 Å². The quantitative estimate of drug-likeness (QED) is 0.459. The lowest BCUT2D eigenvalue weighted by atomic mass is 9.91. The molecule has 0 aliphatic carbocycles. The summed E-state index contributed by atoms with van der Waals surface area (Å²) < 4.78 is 4.10. The van der Waals surface area contributed by atoms with Crippen molar-refractivity contribution in [3.63, 3.8) is 0 Å². The van der Waals surface area contributed by atoms with E-state index in [2.05, 4.69) is 4.98 Å². The Balaban J connectivity index is 1.89. The summed E-state index contributed by atoms with van der Waals surface area (Å²) in [5.41, 5.74) is -0.463. The summed E-state index contributed by atoms with van der Waals surface area (Å²) in [5, 5.41) is 1.79. The minimum absolute atomic E-state index is 0.0669. The lowest BCUT2D eigenvalue weighted by molar-refractivity contribution is -0.120. The molecule has 0 amide bonds. The van der Waals surface area contributed by atoms with Gasteiger partial charge in [0.05, 0.1) is 16.8 Å². The Morgan fingerprint density at radius 3 is 2.65 bits per heavy atom. The van der Waals surface area contributed by atoms with Crippen molar-refractivity contribution in [2.75, 3.05) is 0 Å². The van der Waals surface area contributed by atoms with Crippen molar-refractivity contribution >= 4 is 56.9 Å². The SMILES string of the molecule is Cc1ccc(C=c2sc(=CC(=O)C(C)(C)C)n(Cc3cc(=O)n4ccsc4n3)c2=O)s1. The van der Waals surface area contributed by atoms with Gasteiger partial charge in [-0.1, -0.05) is 20.8 Å². The van der Waals surface area contributed by atoms with Gasteiger partial charge in [-0.3, -0.25) is 23.4 Å². The monoisotopic (exact) mass is 471 g/mol. The summed E-state index contributed by atoms with van der Waals surface area (Å²) in [6.07, 6.45) is 5.05. The molecule has 0 saturated carbocycles. The third-order valence-corrected chi connectivity index (χ3v) is 7.41. The normalized spacial score (nSPS) is 13.4. The molecule has 0 atom stereocenters. The van der Waals surface area contributed by atoms with Gasteiger partial charge >= 0.3 is 0 Å². The summed E-state index contributed by atoms with van der Waals surface area (Å²) in [7, 11) is 0. The van der Waals surface area contributed by atoms with Crippen LogP contribution in [0.2, 0.25) is 0 Å². The van der Waals surface area contributed by atoms with Gasteiger partial charge in [0.15, 0.2) is 10.7 Å². The van der Waals surface area contributed by atoms with Gasteiger partial charge in [0.1, 0.15) is 4.66 Å². The van der Waals surface area contributed by atoms with Crippen LogP contribution in [0, 0.1) is 12.3 Å². The van der Waals surface area contributed by atoms with Gasteiger partial charge in [-0.25, -0.2) is 4.98 Å². The zero-order valence-corrected chi connectivity index (χ0v) is 20.0. The largest absolute Gasteiger partial charge is 0.294 e. The number of fused-ring (bicyclic) bond motifs is 1. The Kier molecular flexibility index (Phi) is 5.67. The summed E-state index contributed by atoms with van der Waals surface area (Å²) in [4.78, 5) is 45.5. The number of nitrogens with zero attached hydrogens (tertiary/aromatic N) is 3. The molecule has 9 heteroatoms. The van der Waals surface area contributed by atoms with Crippen LogP contribution in [0.1, 0.15) is 36.2 Å². The minimum Gasteiger partial charge on any atom is -0.294 e. The molecule has 0 radical (unpaired) electrons. The maximum absolute atomic E-state index is 13.2. The van der Waals surface area contributed by atoms with Gasteiger partial charge in [-0.15, -0.1) is 34.0 Å². The number of Topliss-reactive ketones (excluding diaryl/α,β-unsaturated/α-hetero) is 1. The second kappa shape index (κ2) is 8.14. The van der Waals surface area contributed by atoms with E-state index in [9.17, 15) is 14.4 Å². The van der Waals surface area contributed by atoms with Crippen molar-refractivity contribution in [1.29, 1.82) is 0 Å². The molecule has 0 spiro atoms. The van der Waals surface area contributed by atoms with Crippen LogP contribution in [0.4, 0.5) is 0 Å². The number of carbonyl (C=O) groups is 1. The number of hydrogen-bond acceptors (Lipinski definition) is 7. The van der Waals surface area contributed by atoms with Gasteiger partial charge in [-0.05, 0) is 25.1 Å². The highest BCUT2D eigenvalue weighted by Gasteiger charge is 2.20. The average molecular weight is 472 g/mol. The first kappa shape index (κ1) is 21.6. The molecular weight excluding hydrogens is 450 g/mol. The van der Waals surface area contributed by atoms with Crippen molar-refractivity contribution in [3.8, 4) is 0 Å². The van der Waals surface area contributed by atoms with Crippen LogP contribution in [0.25, 0.3) is 17.1 Å². The number of rotatable bonds is 4. The highest BCUT2D eigenvalue weighted by atomic mass is 32.1. The lowest BCUT2D eigenvalue weighted by Gasteiger charge is -2.12. The molecule has 0 bridgehead atoms. The minimum atomic E-state index is -0.563. The summed E-state index contributed by atoms with van der Waals surface area (Å²) in [6.45, 7) is 7.67. The zero-order valence-electron chi connectivity index (χ0n) is 17.5. The molecule has 0 fully saturated rings. The fourth-order valence-electron chi connectivity index (χ4n) is 2.91. The molecule has 160 valence electrons. The van der Waals surface area contributed by atoms with Crippen LogP contribution < -0.4 is 20.3 Å². The summed E-state index contributed by atoms with van der Waals surface area (Å²) >= 11 is 4.24. The highest BCUT2D eigenvalue weighted by Crippen LogP contribution is 2.16. The third kappa shape index (κ3) is 4.53. The van der Waals surface area contributed by atoms with E-state index in [4.69, 9.17) is 0 Å². The Hall–Kier alpha value is -2.62. The lowest BCUT2D eigenvalue weighted by Crippen LogP contribution is -2.33. The Labute approximate surface area is 190 Å². The van der Waals surface area contributed by atoms with Crippen LogP contribution in [-0.2, 0) is 11.3 Å². The molecule has 6 nitrogen and oxygen atoms in total. The fraction of sp³-hybridized carbons (Fsp3) is 0.273. The zero-order chi connectivity index (χ0) is 22.3. The van der Waals surface area contributed by atoms with Gasteiger partial charge in [0.2, 0.25) is 0 Å². The topological polar surface area (TPSA) is 73.4 Å². The number of aryl methyl sites for hydroxylation is 1. The molecule has 0 unspecified atom stereocenters. The van der Waals surface area contributed by atoms with Crippen LogP contribution in [0.5, 0.6) is 0 Å². The molecule has 0 aliphatic heterocycles. The first-order chi connectivity index (χ1) is 14.6. The van der Waals surface area contributed by atoms with E-state index >= 15 is 0 Å². The van der Waals surface area contributed by atoms with Crippen LogP contribution >= 0.6 is 34.0 Å². The predicted molar refractivity (Wildman–Crippen MR) is 128 cm³/mol. The molecule has 0 N–H and O–H groups in total. The Bertz CT molecular complexity index is 1520. The van der Waals surface area contributed by atoms with Gasteiger partial charge < -0.3 is 0 Å². The second-order valence-corrected chi connectivity index (χ2v) is 11.4. The predicted octanol–water partition coefficient (Wildman–Crippen LogP) is 2.62. The van der Waals surface area contributed by atoms with Crippen molar-refractivity contribution in [3.05, 3.63) is 75.1 Å². The van der Waals surface area contributed by atoms with Gasteiger partial charge in [0.25, 0.3) is 11.1 Å². The highest BCUT2D eigenvalue weighted by molar-refractivity contribution is 7.15. The van der Waals surface area contributed by atoms with E-state index in [-0.39, 0.29) is 23.4 Å². The number of carbonyl (C=O) groups excluding carboxylic acids is 1. The van der Waals surface area contributed by atoms with E-state index in [1.807, 2.05) is 45.9 Å². The number of aromatic nitrogens is 3. The fourth-order valence-corrected chi connectivity index (χ4v) is 5.58. The maximum Gasteiger partial charge on any atom is 0.269 e. The molecule has 4 aromatic rings. The van der Waals surface area contributed by atoms with Crippen molar-refractivity contribution in [2.45, 2.75) is 34.2 Å². The molecule has 4 rings (SSSR count). The van der Waals surface area contributed by atoms with E-state index in [1.165, 1.54) is 43.8 Å². The molecular formula is C22H21N3O3S3. The van der Waals surface area contributed by atoms with E-state index in [1.54, 1.807) is 22.9 Å². The number of hydrogen-bond donors (Lipinski definition) is 0. The second-order valence-electron chi connectivity index (χ2n) is 8.19. The third-order valence-electron chi connectivity index (χ3n) is 4.64. The van der Waals surface area contributed by atoms with Gasteiger partial charge in [0, 0.05) is 38.9 Å². The molecule has 4 heterocycles. The standard InChI is InChI=1S/C22H21N3O3S3/c1-13-5-6-15(30-13)10-16-20(28)25(19(31-16)11-17(26)22(2,3)4)12-14-9-18(27)24-7-8-29-21(24)23-14/h5-11H,12H2,1-4H3. The molecule has 0 aliphatic rings. The molecule has 4 aromatic heterocycles. The van der Waals surface area contributed by atoms with E-state index < -0.39 is 5.41 Å². The smallest absolute Gasteiger partial charge is 0.269 e. The first-order valence-electron chi connectivity index (χ1n) is 9.61.